The van der Waals surface area contributed by atoms with E-state index >= 15 is 0 Å². The van der Waals surface area contributed by atoms with Gasteiger partial charge in [0.25, 0.3) is 0 Å². The molecule has 1 unspecified atom stereocenters. The molecule has 0 bridgehead atoms. The summed E-state index contributed by atoms with van der Waals surface area (Å²) >= 11 is 0. The van der Waals surface area contributed by atoms with Crippen molar-refractivity contribution in [2.75, 3.05) is 0 Å². The first-order valence-corrected chi connectivity index (χ1v) is 8.47. The zero-order valence-electron chi connectivity index (χ0n) is 12.3. The van der Waals surface area contributed by atoms with Crippen LogP contribution in [0.1, 0.15) is 30.5 Å². The molecule has 2 aromatic carbocycles. The maximum Gasteiger partial charge on any atom is 0.416 e. The smallest absolute Gasteiger partial charge is 0.207 e. The van der Waals surface area contributed by atoms with Gasteiger partial charge in [-0.05, 0) is 36.2 Å². The van der Waals surface area contributed by atoms with Crippen LogP contribution in [0.25, 0.3) is 0 Å². The van der Waals surface area contributed by atoms with Gasteiger partial charge in [0, 0.05) is 6.04 Å². The molecule has 23 heavy (non-hydrogen) atoms. The predicted octanol–water partition coefficient (Wildman–Crippen LogP) is 4.14. The minimum atomic E-state index is -4.49. The van der Waals surface area contributed by atoms with E-state index in [4.69, 9.17) is 0 Å². The van der Waals surface area contributed by atoms with E-state index in [1.165, 1.54) is 0 Å². The largest absolute Gasteiger partial charge is 0.416 e. The van der Waals surface area contributed by atoms with Gasteiger partial charge in [0.2, 0.25) is 10.0 Å². The fourth-order valence-corrected chi connectivity index (χ4v) is 3.46. The van der Waals surface area contributed by atoms with Crippen molar-refractivity contribution in [1.82, 2.24) is 4.72 Å². The Hall–Kier alpha value is -1.86. The number of hydrogen-bond donors (Lipinski definition) is 1. The highest BCUT2D eigenvalue weighted by Gasteiger charge is 2.30. The molecule has 1 atom stereocenters. The molecule has 1 N–H and O–H groups in total. The first-order valence-electron chi connectivity index (χ1n) is 6.98. The Bertz CT molecular complexity index is 741. The summed E-state index contributed by atoms with van der Waals surface area (Å²) in [5.41, 5.74) is -0.0861. The van der Waals surface area contributed by atoms with Gasteiger partial charge in [0.15, 0.2) is 0 Å². The Morgan fingerprint density at radius 1 is 1.00 bits per heavy atom. The van der Waals surface area contributed by atoms with Crippen molar-refractivity contribution in [1.29, 1.82) is 0 Å². The SMILES string of the molecule is CCC(NS(=O)(=O)c1ccc(C(F)(F)F)cc1)c1ccccc1. The summed E-state index contributed by atoms with van der Waals surface area (Å²) in [6.45, 7) is 1.83. The molecule has 0 aliphatic rings. The van der Waals surface area contributed by atoms with Crippen LogP contribution in [-0.2, 0) is 16.2 Å². The lowest BCUT2D eigenvalue weighted by Gasteiger charge is -2.18. The van der Waals surface area contributed by atoms with Crippen molar-refractivity contribution in [3.63, 3.8) is 0 Å². The molecule has 3 nitrogen and oxygen atoms in total. The van der Waals surface area contributed by atoms with E-state index in [0.29, 0.717) is 6.42 Å². The van der Waals surface area contributed by atoms with Gasteiger partial charge in [-0.15, -0.1) is 0 Å². The van der Waals surface area contributed by atoms with E-state index in [1.807, 2.05) is 13.0 Å². The molecular formula is C16H16F3NO2S. The average molecular weight is 343 g/mol. The number of benzene rings is 2. The van der Waals surface area contributed by atoms with Crippen LogP contribution < -0.4 is 4.72 Å². The van der Waals surface area contributed by atoms with E-state index < -0.39 is 27.8 Å². The van der Waals surface area contributed by atoms with Gasteiger partial charge in [-0.25, -0.2) is 13.1 Å². The molecule has 0 aromatic heterocycles. The van der Waals surface area contributed by atoms with E-state index in [1.54, 1.807) is 24.3 Å². The van der Waals surface area contributed by atoms with Gasteiger partial charge in [-0.3, -0.25) is 0 Å². The minimum Gasteiger partial charge on any atom is -0.207 e. The topological polar surface area (TPSA) is 46.2 Å². The van der Waals surface area contributed by atoms with Gasteiger partial charge in [0.1, 0.15) is 0 Å². The second-order valence-electron chi connectivity index (χ2n) is 5.01. The second kappa shape index (κ2) is 6.72. The van der Waals surface area contributed by atoms with Crippen LogP contribution in [0.4, 0.5) is 13.2 Å². The van der Waals surface area contributed by atoms with Gasteiger partial charge >= 0.3 is 6.18 Å². The van der Waals surface area contributed by atoms with Crippen molar-refractivity contribution < 1.29 is 21.6 Å². The summed E-state index contributed by atoms with van der Waals surface area (Å²) in [5, 5.41) is 0. The molecule has 2 rings (SSSR count). The Labute approximate surface area is 133 Å². The Kier molecular flexibility index (Phi) is 5.11. The molecule has 7 heteroatoms. The number of nitrogens with one attached hydrogen (secondary N) is 1. The zero-order valence-corrected chi connectivity index (χ0v) is 13.2. The Balaban J connectivity index is 2.24. The monoisotopic (exact) mass is 343 g/mol. The normalized spacial score (nSPS) is 13.7. The molecule has 2 aromatic rings. The third-order valence-electron chi connectivity index (χ3n) is 3.40. The number of rotatable bonds is 5. The number of alkyl halides is 3. The molecule has 0 aliphatic heterocycles. The molecule has 0 saturated carbocycles. The molecular weight excluding hydrogens is 327 g/mol. The van der Waals surface area contributed by atoms with Gasteiger partial charge < -0.3 is 0 Å². The lowest BCUT2D eigenvalue weighted by molar-refractivity contribution is -0.137. The van der Waals surface area contributed by atoms with Crippen LogP contribution in [-0.4, -0.2) is 8.42 Å². The highest BCUT2D eigenvalue weighted by molar-refractivity contribution is 7.89. The fraction of sp³-hybridized carbons (Fsp3) is 0.250. The number of hydrogen-bond acceptors (Lipinski definition) is 2. The van der Waals surface area contributed by atoms with Gasteiger partial charge in [0.05, 0.1) is 10.5 Å². The standard InChI is InChI=1S/C16H16F3NO2S/c1-2-15(12-6-4-3-5-7-12)20-23(21,22)14-10-8-13(9-11-14)16(17,18)19/h3-11,15,20H,2H2,1H3. The highest BCUT2D eigenvalue weighted by Crippen LogP contribution is 2.30. The first kappa shape index (κ1) is 17.5. The summed E-state index contributed by atoms with van der Waals surface area (Å²) in [4.78, 5) is -0.195. The van der Waals surface area contributed by atoms with Crippen molar-refractivity contribution >= 4 is 10.0 Å². The summed E-state index contributed by atoms with van der Waals surface area (Å²) in [6, 6.07) is 12.0. The van der Waals surface area contributed by atoms with E-state index in [9.17, 15) is 21.6 Å². The molecule has 0 spiro atoms. The average Bonchev–Trinajstić information content (AvgIpc) is 2.53. The Morgan fingerprint density at radius 2 is 1.57 bits per heavy atom. The molecule has 0 fully saturated rings. The highest BCUT2D eigenvalue weighted by atomic mass is 32.2. The molecule has 0 saturated heterocycles. The molecule has 124 valence electrons. The van der Waals surface area contributed by atoms with Crippen molar-refractivity contribution in [3.05, 3.63) is 65.7 Å². The fourth-order valence-electron chi connectivity index (χ4n) is 2.15. The summed E-state index contributed by atoms with van der Waals surface area (Å²) < 4.78 is 64.8. The minimum absolute atomic E-state index is 0.195. The van der Waals surface area contributed by atoms with Crippen molar-refractivity contribution in [2.45, 2.75) is 30.5 Å². The summed E-state index contributed by atoms with van der Waals surface area (Å²) in [5.74, 6) is 0. The van der Waals surface area contributed by atoms with Crippen LogP contribution in [0.15, 0.2) is 59.5 Å². The van der Waals surface area contributed by atoms with Crippen LogP contribution >= 0.6 is 0 Å². The van der Waals surface area contributed by atoms with E-state index in [0.717, 1.165) is 29.8 Å². The maximum atomic E-state index is 12.5. The van der Waals surface area contributed by atoms with Crippen molar-refractivity contribution in [3.8, 4) is 0 Å². The van der Waals surface area contributed by atoms with Crippen molar-refractivity contribution in [2.24, 2.45) is 0 Å². The molecule has 0 heterocycles. The lowest BCUT2D eigenvalue weighted by atomic mass is 10.1. The third-order valence-corrected chi connectivity index (χ3v) is 4.89. The van der Waals surface area contributed by atoms with Crippen LogP contribution in [0, 0.1) is 0 Å². The first-order chi connectivity index (χ1) is 10.7. The maximum absolute atomic E-state index is 12.5. The molecule has 0 aliphatic carbocycles. The van der Waals surface area contributed by atoms with Gasteiger partial charge in [-0.1, -0.05) is 37.3 Å². The number of halogens is 3. The summed E-state index contributed by atoms with van der Waals surface area (Å²) in [6.07, 6.45) is -3.98. The summed E-state index contributed by atoms with van der Waals surface area (Å²) in [7, 11) is -3.90. The zero-order chi connectivity index (χ0) is 17.1. The van der Waals surface area contributed by atoms with E-state index in [2.05, 4.69) is 4.72 Å². The van der Waals surface area contributed by atoms with Crippen LogP contribution in [0.5, 0.6) is 0 Å². The predicted molar refractivity (Wildman–Crippen MR) is 81.2 cm³/mol. The van der Waals surface area contributed by atoms with E-state index in [-0.39, 0.29) is 4.90 Å². The van der Waals surface area contributed by atoms with Crippen LogP contribution in [0.3, 0.4) is 0 Å². The van der Waals surface area contributed by atoms with Crippen LogP contribution in [0.2, 0.25) is 0 Å². The van der Waals surface area contributed by atoms with Gasteiger partial charge in [-0.2, -0.15) is 13.2 Å². The Morgan fingerprint density at radius 3 is 2.04 bits per heavy atom. The molecule has 0 radical (unpaired) electrons. The molecule has 0 amide bonds. The number of sulfonamides is 1. The second-order valence-corrected chi connectivity index (χ2v) is 6.73. The quantitative estimate of drug-likeness (QED) is 0.887. The third kappa shape index (κ3) is 4.33. The lowest BCUT2D eigenvalue weighted by Crippen LogP contribution is -2.28.